The summed E-state index contributed by atoms with van der Waals surface area (Å²) in [7, 11) is 1.29. The topological polar surface area (TPSA) is 67.4 Å². The largest absolute Gasteiger partial charge is 0.468 e. The predicted octanol–water partition coefficient (Wildman–Crippen LogP) is -0.479. The number of nitrogens with one attached hydrogen (secondary N) is 2. The molecule has 0 rings (SSSR count). The van der Waals surface area contributed by atoms with Crippen LogP contribution in [0.15, 0.2) is 0 Å². The molecule has 5 nitrogen and oxygen atoms in total. The zero-order valence-corrected chi connectivity index (χ0v) is 8.92. The molecule has 5 heteroatoms. The molecule has 0 saturated carbocycles. The minimum absolute atomic E-state index is 0.0637. The van der Waals surface area contributed by atoms with E-state index in [4.69, 9.17) is 0 Å². The normalized spacial score (nSPS) is 11.9. The summed E-state index contributed by atoms with van der Waals surface area (Å²) in [5, 5.41) is 5.54. The first kappa shape index (κ1) is 12.9. The Labute approximate surface area is 84.2 Å². The standard InChI is InChI=1S/C9H18N2O3/c1-4-10-5-7(2)9(13)11-6-8(12)14-3/h7,10H,4-6H2,1-3H3,(H,11,13). The van der Waals surface area contributed by atoms with Crippen molar-refractivity contribution in [2.75, 3.05) is 26.7 Å². The predicted molar refractivity (Wildman–Crippen MR) is 52.7 cm³/mol. The van der Waals surface area contributed by atoms with Crippen molar-refractivity contribution < 1.29 is 14.3 Å². The maximum atomic E-state index is 11.3. The molecule has 0 aromatic rings. The highest BCUT2D eigenvalue weighted by atomic mass is 16.5. The summed E-state index contributed by atoms with van der Waals surface area (Å²) in [6.45, 7) is 5.15. The number of hydrogen-bond donors (Lipinski definition) is 2. The van der Waals surface area contributed by atoms with Crippen molar-refractivity contribution in [1.82, 2.24) is 10.6 Å². The third-order valence-electron chi connectivity index (χ3n) is 1.78. The Morgan fingerprint density at radius 3 is 2.57 bits per heavy atom. The molecule has 82 valence electrons. The lowest BCUT2D eigenvalue weighted by Crippen LogP contribution is -2.38. The number of hydrogen-bond acceptors (Lipinski definition) is 4. The van der Waals surface area contributed by atoms with Crippen molar-refractivity contribution >= 4 is 11.9 Å². The third kappa shape index (κ3) is 5.53. The van der Waals surface area contributed by atoms with Gasteiger partial charge in [-0.3, -0.25) is 9.59 Å². The van der Waals surface area contributed by atoms with Crippen LogP contribution in [0.1, 0.15) is 13.8 Å². The lowest BCUT2D eigenvalue weighted by Gasteiger charge is -2.11. The lowest BCUT2D eigenvalue weighted by atomic mass is 10.1. The van der Waals surface area contributed by atoms with E-state index in [-0.39, 0.29) is 18.4 Å². The van der Waals surface area contributed by atoms with Crippen molar-refractivity contribution in [3.63, 3.8) is 0 Å². The molecule has 0 aliphatic rings. The van der Waals surface area contributed by atoms with Crippen LogP contribution < -0.4 is 10.6 Å². The van der Waals surface area contributed by atoms with Crippen LogP contribution in [0.25, 0.3) is 0 Å². The van der Waals surface area contributed by atoms with E-state index in [0.717, 1.165) is 6.54 Å². The maximum Gasteiger partial charge on any atom is 0.325 e. The van der Waals surface area contributed by atoms with Gasteiger partial charge in [-0.2, -0.15) is 0 Å². The van der Waals surface area contributed by atoms with Crippen LogP contribution in [0, 0.1) is 5.92 Å². The van der Waals surface area contributed by atoms with Gasteiger partial charge in [0.15, 0.2) is 0 Å². The summed E-state index contributed by atoms with van der Waals surface area (Å²) in [6, 6.07) is 0. The molecular formula is C9H18N2O3. The van der Waals surface area contributed by atoms with Crippen molar-refractivity contribution in [2.45, 2.75) is 13.8 Å². The quantitative estimate of drug-likeness (QED) is 0.571. The van der Waals surface area contributed by atoms with Crippen molar-refractivity contribution in [3.05, 3.63) is 0 Å². The molecule has 14 heavy (non-hydrogen) atoms. The highest BCUT2D eigenvalue weighted by molar-refractivity contribution is 5.83. The molecule has 1 unspecified atom stereocenters. The fraction of sp³-hybridized carbons (Fsp3) is 0.778. The Kier molecular flexibility index (Phi) is 6.74. The molecule has 0 aliphatic carbocycles. The molecule has 1 atom stereocenters. The number of rotatable bonds is 6. The number of carbonyl (C=O) groups excluding carboxylic acids is 2. The zero-order chi connectivity index (χ0) is 11.0. The van der Waals surface area contributed by atoms with E-state index < -0.39 is 5.97 Å². The van der Waals surface area contributed by atoms with E-state index in [2.05, 4.69) is 15.4 Å². The zero-order valence-electron chi connectivity index (χ0n) is 8.92. The fourth-order valence-electron chi connectivity index (χ4n) is 0.859. The first-order valence-corrected chi connectivity index (χ1v) is 4.67. The van der Waals surface area contributed by atoms with Gasteiger partial charge in [-0.05, 0) is 6.54 Å². The van der Waals surface area contributed by atoms with Gasteiger partial charge in [0.25, 0.3) is 0 Å². The average Bonchev–Trinajstić information content (AvgIpc) is 2.21. The summed E-state index contributed by atoms with van der Waals surface area (Å²) in [4.78, 5) is 22.0. The molecule has 0 saturated heterocycles. The summed E-state index contributed by atoms with van der Waals surface area (Å²) in [6.07, 6.45) is 0. The van der Waals surface area contributed by atoms with E-state index in [1.165, 1.54) is 7.11 Å². The number of esters is 1. The van der Waals surface area contributed by atoms with Gasteiger partial charge >= 0.3 is 5.97 Å². The Morgan fingerprint density at radius 2 is 2.07 bits per heavy atom. The van der Waals surface area contributed by atoms with Crippen LogP contribution in [-0.2, 0) is 14.3 Å². The monoisotopic (exact) mass is 202 g/mol. The molecule has 0 aromatic carbocycles. The summed E-state index contributed by atoms with van der Waals surface area (Å²) < 4.78 is 4.39. The van der Waals surface area contributed by atoms with Gasteiger partial charge in [-0.15, -0.1) is 0 Å². The maximum absolute atomic E-state index is 11.3. The van der Waals surface area contributed by atoms with Crippen molar-refractivity contribution in [2.24, 2.45) is 5.92 Å². The van der Waals surface area contributed by atoms with Gasteiger partial charge in [0.1, 0.15) is 6.54 Å². The van der Waals surface area contributed by atoms with Crippen LogP contribution >= 0.6 is 0 Å². The SMILES string of the molecule is CCNCC(C)C(=O)NCC(=O)OC. The van der Waals surface area contributed by atoms with Gasteiger partial charge in [0.05, 0.1) is 7.11 Å². The number of carbonyl (C=O) groups is 2. The Balaban J connectivity index is 3.67. The number of methoxy groups -OCH3 is 1. The molecule has 0 aliphatic heterocycles. The molecule has 2 N–H and O–H groups in total. The number of amides is 1. The lowest BCUT2D eigenvalue weighted by molar-refractivity contribution is -0.141. The minimum Gasteiger partial charge on any atom is -0.468 e. The first-order chi connectivity index (χ1) is 6.61. The molecule has 0 heterocycles. The van der Waals surface area contributed by atoms with Gasteiger partial charge in [0, 0.05) is 12.5 Å². The Bertz CT molecular complexity index is 194. The van der Waals surface area contributed by atoms with Crippen molar-refractivity contribution in [1.29, 1.82) is 0 Å². The second kappa shape index (κ2) is 7.32. The van der Waals surface area contributed by atoms with Gasteiger partial charge in [0.2, 0.25) is 5.91 Å². The number of ether oxygens (including phenoxy) is 1. The highest BCUT2D eigenvalue weighted by Gasteiger charge is 2.12. The van der Waals surface area contributed by atoms with E-state index in [0.29, 0.717) is 6.54 Å². The smallest absolute Gasteiger partial charge is 0.325 e. The van der Waals surface area contributed by atoms with E-state index in [1.54, 1.807) is 6.92 Å². The second-order valence-corrected chi connectivity index (χ2v) is 3.00. The Hall–Kier alpha value is -1.10. The molecular weight excluding hydrogens is 184 g/mol. The van der Waals surface area contributed by atoms with E-state index >= 15 is 0 Å². The summed E-state index contributed by atoms with van der Waals surface area (Å²) in [5.41, 5.74) is 0. The Morgan fingerprint density at radius 1 is 1.43 bits per heavy atom. The molecule has 0 aromatic heterocycles. The average molecular weight is 202 g/mol. The van der Waals surface area contributed by atoms with Gasteiger partial charge in [-0.25, -0.2) is 0 Å². The third-order valence-corrected chi connectivity index (χ3v) is 1.78. The van der Waals surface area contributed by atoms with Gasteiger partial charge in [-0.1, -0.05) is 13.8 Å². The van der Waals surface area contributed by atoms with Gasteiger partial charge < -0.3 is 15.4 Å². The highest BCUT2D eigenvalue weighted by Crippen LogP contribution is 1.91. The van der Waals surface area contributed by atoms with Crippen LogP contribution in [0.5, 0.6) is 0 Å². The van der Waals surface area contributed by atoms with Crippen LogP contribution in [0.3, 0.4) is 0 Å². The summed E-state index contributed by atoms with van der Waals surface area (Å²) >= 11 is 0. The summed E-state index contributed by atoms with van der Waals surface area (Å²) in [5.74, 6) is -0.718. The minimum atomic E-state index is -0.436. The van der Waals surface area contributed by atoms with Crippen LogP contribution in [0.2, 0.25) is 0 Å². The second-order valence-electron chi connectivity index (χ2n) is 3.00. The molecule has 0 spiro atoms. The van der Waals surface area contributed by atoms with Crippen LogP contribution in [0.4, 0.5) is 0 Å². The molecule has 0 fully saturated rings. The molecule has 0 bridgehead atoms. The first-order valence-electron chi connectivity index (χ1n) is 4.67. The van der Waals surface area contributed by atoms with E-state index in [9.17, 15) is 9.59 Å². The van der Waals surface area contributed by atoms with Crippen molar-refractivity contribution in [3.8, 4) is 0 Å². The fourth-order valence-corrected chi connectivity index (χ4v) is 0.859. The van der Waals surface area contributed by atoms with Crippen LogP contribution in [-0.4, -0.2) is 38.6 Å². The van der Waals surface area contributed by atoms with E-state index in [1.807, 2.05) is 6.92 Å². The molecule has 1 amide bonds. The molecule has 0 radical (unpaired) electrons.